The van der Waals surface area contributed by atoms with Crippen molar-refractivity contribution in [2.45, 2.75) is 25.5 Å². The second-order valence-corrected chi connectivity index (χ2v) is 4.68. The summed E-state index contributed by atoms with van der Waals surface area (Å²) in [5.41, 5.74) is 2.69. The largest absolute Gasteiger partial charge is 0.748 e. The summed E-state index contributed by atoms with van der Waals surface area (Å²) in [4.78, 5) is 0. The monoisotopic (exact) mass is 183 g/mol. The maximum Gasteiger partial charge on any atom is 0.121 e. The lowest BCUT2D eigenvalue weighted by Gasteiger charge is -2.23. The molecule has 0 saturated heterocycles. The molecule has 0 aromatic heterocycles. The molecule has 0 bridgehead atoms. The molecule has 0 rings (SSSR count). The average Bonchev–Trinajstić information content (AvgIpc) is 1.56. The molecule has 11 heavy (non-hydrogen) atoms. The number of aliphatic hydroxyl groups excluding tert-OH is 1. The molecule has 0 spiro atoms. The van der Waals surface area contributed by atoms with Crippen LogP contribution in [0.4, 0.5) is 0 Å². The van der Waals surface area contributed by atoms with Crippen molar-refractivity contribution in [3.8, 4) is 0 Å². The smallest absolute Gasteiger partial charge is 0.121 e. The van der Waals surface area contributed by atoms with Gasteiger partial charge in [0, 0.05) is 0 Å². The Hall–Kier alpha value is -0.170. The van der Waals surface area contributed by atoms with Crippen LogP contribution < -0.4 is 5.73 Å². The van der Waals surface area contributed by atoms with Crippen molar-refractivity contribution in [2.24, 2.45) is 0 Å². The van der Waals surface area contributed by atoms with E-state index >= 15 is 0 Å². The van der Waals surface area contributed by atoms with Crippen molar-refractivity contribution in [1.82, 2.24) is 0 Å². The second-order valence-electron chi connectivity index (χ2n) is 3.23. The minimum atomic E-state index is -4.35. The molecule has 0 aliphatic heterocycles. The summed E-state index contributed by atoms with van der Waals surface area (Å²) in [6.07, 6.45) is -1.20. The van der Waals surface area contributed by atoms with Crippen molar-refractivity contribution in [3.05, 3.63) is 0 Å². The van der Waals surface area contributed by atoms with Gasteiger partial charge in [-0.05, 0) is 13.8 Å². The Kier molecular flexibility index (Phi) is 3.01. The van der Waals surface area contributed by atoms with Gasteiger partial charge in [-0.3, -0.25) is 0 Å². The van der Waals surface area contributed by atoms with Crippen LogP contribution in [0.5, 0.6) is 0 Å². The molecule has 0 fully saturated rings. The maximum absolute atomic E-state index is 10.1. The Morgan fingerprint density at radius 1 is 1.64 bits per heavy atom. The van der Waals surface area contributed by atoms with Crippen LogP contribution in [0.15, 0.2) is 0 Å². The zero-order chi connectivity index (χ0) is 9.28. The zero-order valence-corrected chi connectivity index (χ0v) is 7.39. The van der Waals surface area contributed by atoms with Crippen LogP contribution in [-0.2, 0) is 10.1 Å². The topological polar surface area (TPSA) is 105 Å². The Balaban J connectivity index is 4.21. The predicted molar refractivity (Wildman–Crippen MR) is 37.5 cm³/mol. The third kappa shape index (κ3) is 5.14. The minimum Gasteiger partial charge on any atom is -0.748 e. The first-order valence-corrected chi connectivity index (χ1v) is 4.67. The van der Waals surface area contributed by atoms with Crippen LogP contribution in [0.2, 0.25) is 0 Å². The van der Waals surface area contributed by atoms with E-state index in [2.05, 4.69) is 5.73 Å². The highest BCUT2D eigenvalue weighted by Gasteiger charge is 2.28. The van der Waals surface area contributed by atoms with Gasteiger partial charge in [0.05, 0.1) is 15.9 Å². The summed E-state index contributed by atoms with van der Waals surface area (Å²) >= 11 is 0. The van der Waals surface area contributed by atoms with E-state index in [1.807, 2.05) is 0 Å². The molecule has 6 heteroatoms. The highest BCUT2D eigenvalue weighted by molar-refractivity contribution is 7.85. The molecule has 0 amide bonds. The third-order valence-electron chi connectivity index (χ3n) is 1.26. The van der Waals surface area contributed by atoms with Gasteiger partial charge in [-0.25, -0.2) is 8.42 Å². The summed E-state index contributed by atoms with van der Waals surface area (Å²) in [6.45, 7) is 3.12. The van der Waals surface area contributed by atoms with Crippen LogP contribution in [-0.4, -0.2) is 35.5 Å². The number of aliphatic hydroxyl groups is 1. The van der Waals surface area contributed by atoms with Crippen LogP contribution in [0, 0.1) is 0 Å². The van der Waals surface area contributed by atoms with E-state index in [0.717, 1.165) is 0 Å². The summed E-state index contributed by atoms with van der Waals surface area (Å²) < 4.78 is 30.4. The SMILES string of the molecule is CC(C)([NH3+])C(O)CS(=O)(=O)[O-]. The Morgan fingerprint density at radius 2 is 2.00 bits per heavy atom. The fourth-order valence-corrected chi connectivity index (χ4v) is 1.26. The fraction of sp³-hybridized carbons (Fsp3) is 1.00. The molecule has 68 valence electrons. The third-order valence-corrected chi connectivity index (χ3v) is 1.99. The first-order chi connectivity index (χ1) is 4.63. The molecule has 1 atom stereocenters. The highest BCUT2D eigenvalue weighted by Crippen LogP contribution is 2.03. The lowest BCUT2D eigenvalue weighted by Crippen LogP contribution is -2.75. The Bertz CT molecular complexity index is 215. The molecule has 0 aliphatic rings. The quantitative estimate of drug-likeness (QED) is 0.489. The predicted octanol–water partition coefficient (Wildman–Crippen LogP) is -2.09. The number of hydrogen-bond donors (Lipinski definition) is 2. The van der Waals surface area contributed by atoms with Crippen molar-refractivity contribution in [2.75, 3.05) is 5.75 Å². The minimum absolute atomic E-state index is 0.774. The van der Waals surface area contributed by atoms with E-state index in [0.29, 0.717) is 0 Å². The Labute approximate surface area is 66.0 Å². The van der Waals surface area contributed by atoms with Crippen LogP contribution >= 0.6 is 0 Å². The molecule has 0 saturated carbocycles. The van der Waals surface area contributed by atoms with Gasteiger partial charge in [0.25, 0.3) is 0 Å². The fourth-order valence-electron chi connectivity index (χ4n) is 0.419. The summed E-state index contributed by atoms with van der Waals surface area (Å²) in [5, 5.41) is 9.08. The summed E-state index contributed by atoms with van der Waals surface area (Å²) in [7, 11) is -4.35. The van der Waals surface area contributed by atoms with E-state index < -0.39 is 27.5 Å². The molecule has 0 aromatic rings. The lowest BCUT2D eigenvalue weighted by atomic mass is 10.0. The number of hydrogen-bond acceptors (Lipinski definition) is 4. The van der Waals surface area contributed by atoms with Crippen LogP contribution in [0.25, 0.3) is 0 Å². The summed E-state index contributed by atoms with van der Waals surface area (Å²) in [6, 6.07) is 0. The average molecular weight is 183 g/mol. The van der Waals surface area contributed by atoms with E-state index in [-0.39, 0.29) is 0 Å². The molecule has 0 radical (unpaired) electrons. The van der Waals surface area contributed by atoms with E-state index in [1.165, 1.54) is 0 Å². The first-order valence-electron chi connectivity index (χ1n) is 3.10. The molecule has 0 aliphatic carbocycles. The van der Waals surface area contributed by atoms with Gasteiger partial charge in [0.1, 0.15) is 11.6 Å². The van der Waals surface area contributed by atoms with E-state index in [9.17, 15) is 13.0 Å². The number of quaternary nitrogens is 1. The zero-order valence-electron chi connectivity index (χ0n) is 6.57. The van der Waals surface area contributed by atoms with Gasteiger partial charge < -0.3 is 15.4 Å². The molecular formula is C5H13NO4S. The molecule has 0 heterocycles. The van der Waals surface area contributed by atoms with Gasteiger partial charge in [-0.2, -0.15) is 0 Å². The number of rotatable bonds is 3. The van der Waals surface area contributed by atoms with Gasteiger partial charge in [-0.1, -0.05) is 0 Å². The second kappa shape index (κ2) is 3.06. The van der Waals surface area contributed by atoms with Crippen molar-refractivity contribution in [3.63, 3.8) is 0 Å². The van der Waals surface area contributed by atoms with Crippen molar-refractivity contribution >= 4 is 10.1 Å². The molecule has 5 nitrogen and oxygen atoms in total. The van der Waals surface area contributed by atoms with Gasteiger partial charge in [0.2, 0.25) is 0 Å². The van der Waals surface area contributed by atoms with E-state index in [1.54, 1.807) is 13.8 Å². The van der Waals surface area contributed by atoms with Gasteiger partial charge >= 0.3 is 0 Å². The Morgan fingerprint density at radius 3 is 2.09 bits per heavy atom. The van der Waals surface area contributed by atoms with Crippen LogP contribution in [0.1, 0.15) is 13.8 Å². The first kappa shape index (κ1) is 10.8. The van der Waals surface area contributed by atoms with Crippen molar-refractivity contribution < 1.29 is 23.8 Å². The standard InChI is InChI=1S/C5H13NO4S/c1-5(2,6)4(7)3-11(8,9)10/h4,7H,3,6H2,1-2H3,(H,8,9,10). The maximum atomic E-state index is 10.1. The van der Waals surface area contributed by atoms with Crippen molar-refractivity contribution in [1.29, 1.82) is 0 Å². The van der Waals surface area contributed by atoms with Gasteiger partial charge in [0.15, 0.2) is 0 Å². The molecular weight excluding hydrogens is 170 g/mol. The summed E-state index contributed by atoms with van der Waals surface area (Å²) in [5.74, 6) is -0.774. The van der Waals surface area contributed by atoms with Gasteiger partial charge in [-0.15, -0.1) is 0 Å². The molecule has 0 aromatic carbocycles. The molecule has 1 unspecified atom stereocenters. The lowest BCUT2D eigenvalue weighted by molar-refractivity contribution is -0.482. The normalized spacial score (nSPS) is 16.5. The highest BCUT2D eigenvalue weighted by atomic mass is 32.2. The van der Waals surface area contributed by atoms with E-state index in [4.69, 9.17) is 5.11 Å². The molecule has 4 N–H and O–H groups in total. The van der Waals surface area contributed by atoms with Crippen LogP contribution in [0.3, 0.4) is 0 Å².